The molecule has 0 atom stereocenters. The van der Waals surface area contributed by atoms with Crippen LogP contribution in [0, 0.1) is 10.8 Å². The zero-order valence-electron chi connectivity index (χ0n) is 11.6. The van der Waals surface area contributed by atoms with Gasteiger partial charge >= 0.3 is 0 Å². The van der Waals surface area contributed by atoms with E-state index in [1.165, 1.54) is 44.9 Å². The summed E-state index contributed by atoms with van der Waals surface area (Å²) in [5.74, 6) is 0. The van der Waals surface area contributed by atoms with Crippen LogP contribution in [-0.2, 0) is 0 Å². The molecule has 4 aliphatic rings. The molecular weight excluding hydrogens is 204 g/mol. The Kier molecular flexibility index (Phi) is 3.50. The second-order valence-electron chi connectivity index (χ2n) is 7.47. The zero-order chi connectivity index (χ0) is 11.6. The van der Waals surface area contributed by atoms with Crippen LogP contribution >= 0.6 is 0 Å². The highest BCUT2D eigenvalue weighted by atomic mass is 14.5. The van der Waals surface area contributed by atoms with Crippen LogP contribution in [0.1, 0.15) is 96.3 Å². The first-order valence-electron chi connectivity index (χ1n) is 8.33. The van der Waals surface area contributed by atoms with Crippen molar-refractivity contribution in [1.82, 2.24) is 0 Å². The van der Waals surface area contributed by atoms with Crippen molar-refractivity contribution in [3.05, 3.63) is 0 Å². The molecule has 0 aromatic rings. The van der Waals surface area contributed by atoms with Crippen molar-refractivity contribution < 1.29 is 0 Å². The molecule has 98 valence electrons. The van der Waals surface area contributed by atoms with Crippen molar-refractivity contribution in [2.45, 2.75) is 96.3 Å². The maximum Gasteiger partial charge on any atom is -0.0297 e. The van der Waals surface area contributed by atoms with Gasteiger partial charge in [-0.1, -0.05) is 44.9 Å². The Labute approximate surface area is 108 Å². The van der Waals surface area contributed by atoms with Crippen molar-refractivity contribution in [2.24, 2.45) is 10.8 Å². The van der Waals surface area contributed by atoms with Crippen molar-refractivity contribution in [1.29, 1.82) is 0 Å². The summed E-state index contributed by atoms with van der Waals surface area (Å²) in [7, 11) is 0. The van der Waals surface area contributed by atoms with E-state index < -0.39 is 0 Å². The topological polar surface area (TPSA) is 0 Å². The highest BCUT2D eigenvalue weighted by molar-refractivity contribution is 4.94. The molecule has 0 aromatic carbocycles. The normalized spacial score (nSPS) is 32.5. The van der Waals surface area contributed by atoms with Crippen molar-refractivity contribution >= 4 is 0 Å². The maximum atomic E-state index is 1.56. The van der Waals surface area contributed by atoms with E-state index in [4.69, 9.17) is 0 Å². The van der Waals surface area contributed by atoms with Gasteiger partial charge in [-0.3, -0.25) is 0 Å². The van der Waals surface area contributed by atoms with Crippen LogP contribution in [0.4, 0.5) is 0 Å². The SMILES string of the molecule is C1CCC2(CC1)CC2.C1CCC2(CC1)CCC2. The minimum Gasteiger partial charge on any atom is -0.0533 e. The van der Waals surface area contributed by atoms with Gasteiger partial charge in [-0.15, -0.1) is 0 Å². The standard InChI is InChI=1S/C9H16.C8H14/c1-2-5-9(6-3-1)7-4-8-9;1-2-4-8(5-3-1)6-7-8/h1-8H2;1-7H2. The van der Waals surface area contributed by atoms with Gasteiger partial charge in [-0.25, -0.2) is 0 Å². The summed E-state index contributed by atoms with van der Waals surface area (Å²) >= 11 is 0. The average Bonchev–Trinajstić information content (AvgIpc) is 3.09. The van der Waals surface area contributed by atoms with E-state index in [2.05, 4.69) is 0 Å². The van der Waals surface area contributed by atoms with Gasteiger partial charge in [-0.2, -0.15) is 0 Å². The molecule has 0 saturated heterocycles. The molecular formula is C17H30. The molecule has 0 aromatic heterocycles. The summed E-state index contributed by atoms with van der Waals surface area (Å²) in [4.78, 5) is 0. The molecule has 0 heteroatoms. The largest absolute Gasteiger partial charge is 0.0533 e. The summed E-state index contributed by atoms with van der Waals surface area (Å²) in [5.41, 5.74) is 1.83. The average molecular weight is 234 g/mol. The van der Waals surface area contributed by atoms with Gasteiger partial charge in [0, 0.05) is 0 Å². The van der Waals surface area contributed by atoms with Crippen LogP contribution < -0.4 is 0 Å². The predicted octanol–water partition coefficient (Wildman–Crippen LogP) is 5.85. The molecule has 4 aliphatic carbocycles. The molecule has 0 amide bonds. The lowest BCUT2D eigenvalue weighted by Crippen LogP contribution is -2.31. The summed E-state index contributed by atoms with van der Waals surface area (Å²) in [5, 5.41) is 0. The van der Waals surface area contributed by atoms with E-state index >= 15 is 0 Å². The molecule has 0 N–H and O–H groups in total. The van der Waals surface area contributed by atoms with E-state index in [1.54, 1.807) is 51.4 Å². The summed E-state index contributed by atoms with van der Waals surface area (Å²) < 4.78 is 0. The Morgan fingerprint density at radius 2 is 0.647 bits per heavy atom. The number of hydrogen-bond acceptors (Lipinski definition) is 0. The van der Waals surface area contributed by atoms with Crippen LogP contribution in [0.5, 0.6) is 0 Å². The molecule has 0 radical (unpaired) electrons. The predicted molar refractivity (Wildman–Crippen MR) is 74.1 cm³/mol. The van der Waals surface area contributed by atoms with Gasteiger partial charge in [0.25, 0.3) is 0 Å². The second-order valence-corrected chi connectivity index (χ2v) is 7.47. The minimum atomic E-state index is 0.901. The highest BCUT2D eigenvalue weighted by Gasteiger charge is 2.42. The fourth-order valence-corrected chi connectivity index (χ4v) is 4.46. The molecule has 0 aliphatic heterocycles. The van der Waals surface area contributed by atoms with Gasteiger partial charge in [0.15, 0.2) is 0 Å². The van der Waals surface area contributed by atoms with Crippen molar-refractivity contribution in [3.63, 3.8) is 0 Å². The van der Waals surface area contributed by atoms with Gasteiger partial charge in [-0.05, 0) is 62.2 Å². The van der Waals surface area contributed by atoms with E-state index in [-0.39, 0.29) is 0 Å². The lowest BCUT2D eigenvalue weighted by molar-refractivity contribution is 0.0775. The monoisotopic (exact) mass is 234 g/mol. The first-order chi connectivity index (χ1) is 8.33. The van der Waals surface area contributed by atoms with Crippen LogP contribution in [0.2, 0.25) is 0 Å². The lowest BCUT2D eigenvalue weighted by Gasteiger charge is -2.45. The Morgan fingerprint density at radius 1 is 0.294 bits per heavy atom. The molecule has 17 heavy (non-hydrogen) atoms. The smallest absolute Gasteiger partial charge is 0.0297 e. The zero-order valence-corrected chi connectivity index (χ0v) is 11.6. The first kappa shape index (κ1) is 12.1. The van der Waals surface area contributed by atoms with Crippen LogP contribution in [0.3, 0.4) is 0 Å². The van der Waals surface area contributed by atoms with Gasteiger partial charge in [0.05, 0.1) is 0 Å². The molecule has 2 spiro atoms. The van der Waals surface area contributed by atoms with E-state index in [0.29, 0.717) is 0 Å². The fraction of sp³-hybridized carbons (Fsp3) is 1.00. The molecule has 4 rings (SSSR count). The third kappa shape index (κ3) is 2.88. The highest BCUT2D eigenvalue weighted by Crippen LogP contribution is 2.56. The van der Waals surface area contributed by atoms with Gasteiger partial charge in [0.1, 0.15) is 0 Å². The summed E-state index contributed by atoms with van der Waals surface area (Å²) in [6.07, 6.45) is 23.2. The summed E-state index contributed by atoms with van der Waals surface area (Å²) in [6, 6.07) is 0. The first-order valence-corrected chi connectivity index (χ1v) is 8.33. The third-order valence-corrected chi connectivity index (χ3v) is 6.20. The molecule has 0 unspecified atom stereocenters. The van der Waals surface area contributed by atoms with Crippen molar-refractivity contribution in [2.75, 3.05) is 0 Å². The van der Waals surface area contributed by atoms with Crippen molar-refractivity contribution in [3.8, 4) is 0 Å². The quantitative estimate of drug-likeness (QED) is 0.493. The second kappa shape index (κ2) is 4.94. The molecule has 0 nitrogen and oxygen atoms in total. The van der Waals surface area contributed by atoms with Crippen LogP contribution in [0.15, 0.2) is 0 Å². The minimum absolute atomic E-state index is 0.901. The third-order valence-electron chi connectivity index (χ3n) is 6.20. The van der Waals surface area contributed by atoms with E-state index in [0.717, 1.165) is 10.8 Å². The molecule has 4 fully saturated rings. The number of rotatable bonds is 0. The number of hydrogen-bond donors (Lipinski definition) is 0. The molecule has 0 bridgehead atoms. The van der Waals surface area contributed by atoms with Gasteiger partial charge < -0.3 is 0 Å². The molecule has 4 saturated carbocycles. The Bertz CT molecular complexity index is 229. The molecule has 0 heterocycles. The Morgan fingerprint density at radius 3 is 0.882 bits per heavy atom. The van der Waals surface area contributed by atoms with Gasteiger partial charge in [0.2, 0.25) is 0 Å². The van der Waals surface area contributed by atoms with E-state index in [1.807, 2.05) is 0 Å². The van der Waals surface area contributed by atoms with Crippen LogP contribution in [0.25, 0.3) is 0 Å². The Balaban J connectivity index is 0.000000107. The maximum absolute atomic E-state index is 1.56. The fourth-order valence-electron chi connectivity index (χ4n) is 4.46. The Hall–Kier alpha value is 0. The van der Waals surface area contributed by atoms with E-state index in [9.17, 15) is 0 Å². The lowest BCUT2D eigenvalue weighted by atomic mass is 9.61. The van der Waals surface area contributed by atoms with Crippen LogP contribution in [-0.4, -0.2) is 0 Å². The summed E-state index contributed by atoms with van der Waals surface area (Å²) in [6.45, 7) is 0.